The monoisotopic (exact) mass is 331 g/mol. The molecular weight excluding hydrogens is 310 g/mol. The Morgan fingerprint density at radius 1 is 1.05 bits per heavy atom. The summed E-state index contributed by atoms with van der Waals surface area (Å²) in [4.78, 5) is 0. The molecule has 0 heterocycles. The second-order valence-corrected chi connectivity index (χ2v) is 5.91. The first-order valence-electron chi connectivity index (χ1n) is 7.24. The second-order valence-electron chi connectivity index (χ2n) is 5.11. The lowest BCUT2D eigenvalue weighted by molar-refractivity contribution is 0.513. The Kier molecular flexibility index (Phi) is 5.81. The maximum Gasteiger partial charge on any atom is 0.0334 e. The van der Waals surface area contributed by atoms with Crippen LogP contribution in [0.3, 0.4) is 0 Å². The van der Waals surface area contributed by atoms with Gasteiger partial charge in [-0.05, 0) is 43.0 Å². The van der Waals surface area contributed by atoms with Crippen molar-refractivity contribution in [2.24, 2.45) is 0 Å². The third-order valence-corrected chi connectivity index (χ3v) is 4.70. The highest BCUT2D eigenvalue weighted by Gasteiger charge is 2.14. The minimum absolute atomic E-state index is 0.398. The van der Waals surface area contributed by atoms with Crippen molar-refractivity contribution in [2.75, 3.05) is 6.54 Å². The first-order valence-corrected chi connectivity index (χ1v) is 8.04. The fourth-order valence-electron chi connectivity index (χ4n) is 2.51. The van der Waals surface area contributed by atoms with E-state index in [2.05, 4.69) is 83.6 Å². The molecule has 2 heteroatoms. The molecule has 2 rings (SSSR count). The standard InChI is InChI=1S/C18H22BrN/c1-3-20-17(13-12-15-9-5-4-6-10-15)16-11-7-8-14(2)18(16)19/h4-11,17,20H,3,12-13H2,1-2H3. The van der Waals surface area contributed by atoms with E-state index < -0.39 is 0 Å². The maximum absolute atomic E-state index is 3.74. The summed E-state index contributed by atoms with van der Waals surface area (Å²) in [5.74, 6) is 0. The van der Waals surface area contributed by atoms with Gasteiger partial charge in [-0.25, -0.2) is 0 Å². The van der Waals surface area contributed by atoms with Crippen LogP contribution in [0, 0.1) is 6.92 Å². The predicted molar refractivity (Wildman–Crippen MR) is 90.1 cm³/mol. The Morgan fingerprint density at radius 2 is 1.80 bits per heavy atom. The van der Waals surface area contributed by atoms with Gasteiger partial charge in [-0.3, -0.25) is 0 Å². The van der Waals surface area contributed by atoms with E-state index in [0.717, 1.165) is 19.4 Å². The molecule has 2 aromatic carbocycles. The second kappa shape index (κ2) is 7.61. The Labute approximate surface area is 130 Å². The van der Waals surface area contributed by atoms with Gasteiger partial charge < -0.3 is 5.32 Å². The van der Waals surface area contributed by atoms with Crippen LogP contribution in [0.1, 0.15) is 36.1 Å². The average molecular weight is 332 g/mol. The van der Waals surface area contributed by atoms with Gasteiger partial charge in [0, 0.05) is 10.5 Å². The zero-order valence-electron chi connectivity index (χ0n) is 12.2. The lowest BCUT2D eigenvalue weighted by Gasteiger charge is -2.20. The van der Waals surface area contributed by atoms with E-state index in [1.54, 1.807) is 0 Å². The lowest BCUT2D eigenvalue weighted by atomic mass is 9.97. The largest absolute Gasteiger partial charge is 0.310 e. The molecule has 0 aromatic heterocycles. The number of rotatable bonds is 6. The van der Waals surface area contributed by atoms with E-state index in [1.807, 2.05) is 0 Å². The van der Waals surface area contributed by atoms with Crippen LogP contribution in [-0.2, 0) is 6.42 Å². The van der Waals surface area contributed by atoms with E-state index in [-0.39, 0.29) is 0 Å². The van der Waals surface area contributed by atoms with Gasteiger partial charge in [0.25, 0.3) is 0 Å². The van der Waals surface area contributed by atoms with Crippen LogP contribution >= 0.6 is 15.9 Å². The number of hydrogen-bond acceptors (Lipinski definition) is 1. The van der Waals surface area contributed by atoms with E-state index in [1.165, 1.54) is 21.2 Å². The molecule has 0 spiro atoms. The molecule has 20 heavy (non-hydrogen) atoms. The van der Waals surface area contributed by atoms with Crippen LogP contribution in [0.5, 0.6) is 0 Å². The minimum atomic E-state index is 0.398. The molecule has 1 atom stereocenters. The summed E-state index contributed by atoms with van der Waals surface area (Å²) in [5.41, 5.74) is 4.06. The van der Waals surface area contributed by atoms with Crippen LogP contribution in [0.4, 0.5) is 0 Å². The van der Waals surface area contributed by atoms with Gasteiger partial charge in [0.15, 0.2) is 0 Å². The highest BCUT2D eigenvalue weighted by molar-refractivity contribution is 9.10. The SMILES string of the molecule is CCNC(CCc1ccccc1)c1cccc(C)c1Br. The summed E-state index contributed by atoms with van der Waals surface area (Å²) in [6, 6.07) is 17.6. The zero-order valence-corrected chi connectivity index (χ0v) is 13.8. The van der Waals surface area contributed by atoms with Gasteiger partial charge in [0.2, 0.25) is 0 Å². The molecular formula is C18H22BrN. The van der Waals surface area contributed by atoms with Crippen molar-refractivity contribution in [3.8, 4) is 0 Å². The fraction of sp³-hybridized carbons (Fsp3) is 0.333. The molecule has 0 saturated heterocycles. The molecule has 0 bridgehead atoms. The lowest BCUT2D eigenvalue weighted by Crippen LogP contribution is -2.22. The van der Waals surface area contributed by atoms with Gasteiger partial charge in [-0.1, -0.05) is 71.4 Å². The topological polar surface area (TPSA) is 12.0 Å². The smallest absolute Gasteiger partial charge is 0.0334 e. The van der Waals surface area contributed by atoms with Crippen LogP contribution in [0.15, 0.2) is 53.0 Å². The molecule has 0 radical (unpaired) electrons. The van der Waals surface area contributed by atoms with Crippen molar-refractivity contribution in [2.45, 2.75) is 32.7 Å². The summed E-state index contributed by atoms with van der Waals surface area (Å²) in [5, 5.41) is 3.61. The third-order valence-electron chi connectivity index (χ3n) is 3.61. The summed E-state index contributed by atoms with van der Waals surface area (Å²) in [7, 11) is 0. The zero-order chi connectivity index (χ0) is 14.4. The molecule has 0 fully saturated rings. The summed E-state index contributed by atoms with van der Waals surface area (Å²) >= 11 is 3.74. The van der Waals surface area contributed by atoms with E-state index in [0.29, 0.717) is 6.04 Å². The van der Waals surface area contributed by atoms with E-state index in [4.69, 9.17) is 0 Å². The van der Waals surface area contributed by atoms with Crippen LogP contribution in [-0.4, -0.2) is 6.54 Å². The number of benzene rings is 2. The molecule has 2 aromatic rings. The number of aryl methyl sites for hydroxylation is 2. The highest BCUT2D eigenvalue weighted by Crippen LogP contribution is 2.29. The fourth-order valence-corrected chi connectivity index (χ4v) is 3.05. The van der Waals surface area contributed by atoms with Crippen molar-refractivity contribution in [3.05, 3.63) is 69.7 Å². The molecule has 1 N–H and O–H groups in total. The van der Waals surface area contributed by atoms with Gasteiger partial charge in [0.05, 0.1) is 0 Å². The predicted octanol–water partition coefficient (Wildman–Crippen LogP) is 5.04. The Bertz CT molecular complexity index is 536. The number of halogens is 1. The molecule has 0 aliphatic rings. The Balaban J connectivity index is 2.12. The van der Waals surface area contributed by atoms with E-state index in [9.17, 15) is 0 Å². The molecule has 0 saturated carbocycles. The first-order chi connectivity index (χ1) is 9.72. The normalized spacial score (nSPS) is 12.3. The van der Waals surface area contributed by atoms with Crippen molar-refractivity contribution >= 4 is 15.9 Å². The quantitative estimate of drug-likeness (QED) is 0.781. The van der Waals surface area contributed by atoms with Crippen LogP contribution in [0.25, 0.3) is 0 Å². The van der Waals surface area contributed by atoms with Crippen molar-refractivity contribution in [1.82, 2.24) is 5.32 Å². The summed E-state index contributed by atoms with van der Waals surface area (Å²) in [6.45, 7) is 5.30. The summed E-state index contributed by atoms with van der Waals surface area (Å²) in [6.07, 6.45) is 2.21. The molecule has 1 unspecified atom stereocenters. The van der Waals surface area contributed by atoms with Gasteiger partial charge in [0.1, 0.15) is 0 Å². The molecule has 0 aliphatic carbocycles. The van der Waals surface area contributed by atoms with Gasteiger partial charge in [-0.2, -0.15) is 0 Å². The first kappa shape index (κ1) is 15.3. The van der Waals surface area contributed by atoms with Gasteiger partial charge >= 0.3 is 0 Å². The molecule has 0 aliphatic heterocycles. The minimum Gasteiger partial charge on any atom is -0.310 e. The maximum atomic E-state index is 3.74. The Morgan fingerprint density at radius 3 is 2.50 bits per heavy atom. The molecule has 1 nitrogen and oxygen atoms in total. The molecule has 106 valence electrons. The van der Waals surface area contributed by atoms with Crippen molar-refractivity contribution in [1.29, 1.82) is 0 Å². The van der Waals surface area contributed by atoms with Crippen molar-refractivity contribution < 1.29 is 0 Å². The van der Waals surface area contributed by atoms with Crippen LogP contribution < -0.4 is 5.32 Å². The highest BCUT2D eigenvalue weighted by atomic mass is 79.9. The van der Waals surface area contributed by atoms with Crippen LogP contribution in [0.2, 0.25) is 0 Å². The number of hydrogen-bond donors (Lipinski definition) is 1. The average Bonchev–Trinajstić information content (AvgIpc) is 2.48. The summed E-state index contributed by atoms with van der Waals surface area (Å²) < 4.78 is 1.24. The van der Waals surface area contributed by atoms with Gasteiger partial charge in [-0.15, -0.1) is 0 Å². The van der Waals surface area contributed by atoms with E-state index >= 15 is 0 Å². The number of nitrogens with one attached hydrogen (secondary N) is 1. The van der Waals surface area contributed by atoms with Crippen molar-refractivity contribution in [3.63, 3.8) is 0 Å². The third kappa shape index (κ3) is 3.94. The molecule has 0 amide bonds. The Hall–Kier alpha value is -1.12.